The third-order valence-electron chi connectivity index (χ3n) is 4.24. The van der Waals surface area contributed by atoms with Crippen molar-refractivity contribution in [3.63, 3.8) is 0 Å². The predicted molar refractivity (Wildman–Crippen MR) is 118 cm³/mol. The number of benzene rings is 2. The maximum absolute atomic E-state index is 12.4. The second kappa shape index (κ2) is 10.2. The van der Waals surface area contributed by atoms with E-state index in [1.54, 1.807) is 56.3 Å². The number of aliphatic carboxylic acids is 1. The Balaban J connectivity index is 1.71. The van der Waals surface area contributed by atoms with Gasteiger partial charge in [-0.2, -0.15) is 0 Å². The Hall–Kier alpha value is -4.20. The van der Waals surface area contributed by atoms with E-state index in [9.17, 15) is 9.59 Å². The largest absolute Gasteiger partial charge is 0.472 e. The molecule has 1 heterocycles. The summed E-state index contributed by atoms with van der Waals surface area (Å²) in [7, 11) is 0. The second-order valence-corrected chi connectivity index (χ2v) is 6.96. The number of anilines is 1. The molecule has 32 heavy (non-hydrogen) atoms. The average molecular weight is 449 g/mol. The lowest BCUT2D eigenvalue weighted by atomic mass is 10.1. The molecule has 3 rings (SSSR count). The SMILES string of the molecule is Cc1noc(C#Cc2ccc(C#CC(=O)O)cc2)c1NC(=O)OC(C)c1ccccc1Cl. The van der Waals surface area contributed by atoms with E-state index in [4.69, 9.17) is 26.0 Å². The summed E-state index contributed by atoms with van der Waals surface area (Å²) in [6.45, 7) is 3.38. The molecule has 0 saturated carbocycles. The molecule has 0 aliphatic carbocycles. The number of ether oxygens (including phenoxy) is 1. The normalized spacial score (nSPS) is 10.7. The molecule has 3 aromatic rings. The van der Waals surface area contributed by atoms with Crippen molar-refractivity contribution in [1.29, 1.82) is 0 Å². The highest BCUT2D eigenvalue weighted by Gasteiger charge is 2.18. The van der Waals surface area contributed by atoms with Gasteiger partial charge in [-0.15, -0.1) is 0 Å². The van der Waals surface area contributed by atoms with E-state index >= 15 is 0 Å². The molecule has 0 fully saturated rings. The summed E-state index contributed by atoms with van der Waals surface area (Å²) in [5.41, 5.74) is 2.61. The molecule has 7 nitrogen and oxygen atoms in total. The molecule has 1 unspecified atom stereocenters. The molecular weight excluding hydrogens is 432 g/mol. The van der Waals surface area contributed by atoms with Gasteiger partial charge in [-0.1, -0.05) is 46.8 Å². The maximum Gasteiger partial charge on any atom is 0.412 e. The average Bonchev–Trinajstić information content (AvgIpc) is 3.10. The van der Waals surface area contributed by atoms with Gasteiger partial charge in [-0.25, -0.2) is 9.59 Å². The molecule has 0 saturated heterocycles. The first-order valence-electron chi connectivity index (χ1n) is 9.39. The number of hydrogen-bond donors (Lipinski definition) is 2. The van der Waals surface area contributed by atoms with Crippen molar-refractivity contribution in [3.05, 3.63) is 81.7 Å². The van der Waals surface area contributed by atoms with Gasteiger partial charge in [0.1, 0.15) is 17.5 Å². The predicted octanol–water partition coefficient (Wildman–Crippen LogP) is 4.78. The van der Waals surface area contributed by atoms with Crippen molar-refractivity contribution in [2.24, 2.45) is 0 Å². The summed E-state index contributed by atoms with van der Waals surface area (Å²) >= 11 is 6.15. The van der Waals surface area contributed by atoms with Crippen molar-refractivity contribution in [2.45, 2.75) is 20.0 Å². The fourth-order valence-corrected chi connectivity index (χ4v) is 2.94. The van der Waals surface area contributed by atoms with Crippen LogP contribution in [0.3, 0.4) is 0 Å². The van der Waals surface area contributed by atoms with Gasteiger partial charge in [-0.3, -0.25) is 5.32 Å². The van der Waals surface area contributed by atoms with Gasteiger partial charge in [0.05, 0.1) is 0 Å². The number of hydrogen-bond acceptors (Lipinski definition) is 5. The van der Waals surface area contributed by atoms with E-state index in [0.717, 1.165) is 0 Å². The fraction of sp³-hybridized carbons (Fsp3) is 0.125. The van der Waals surface area contributed by atoms with E-state index in [1.165, 1.54) is 0 Å². The molecule has 0 aliphatic heterocycles. The second-order valence-electron chi connectivity index (χ2n) is 6.55. The number of carbonyl (C=O) groups excluding carboxylic acids is 1. The molecule has 0 radical (unpaired) electrons. The highest BCUT2D eigenvalue weighted by molar-refractivity contribution is 6.31. The molecule has 0 spiro atoms. The summed E-state index contributed by atoms with van der Waals surface area (Å²) in [4.78, 5) is 22.9. The third-order valence-corrected chi connectivity index (χ3v) is 4.58. The lowest BCUT2D eigenvalue weighted by Crippen LogP contribution is -2.17. The summed E-state index contributed by atoms with van der Waals surface area (Å²) in [6, 6.07) is 13.8. The Morgan fingerprint density at radius 1 is 1.09 bits per heavy atom. The van der Waals surface area contributed by atoms with Crippen molar-refractivity contribution >= 4 is 29.4 Å². The number of amides is 1. The van der Waals surface area contributed by atoms with Crippen LogP contribution in [-0.2, 0) is 9.53 Å². The molecular formula is C24H17ClN2O5. The molecule has 2 aromatic carbocycles. The molecule has 2 N–H and O–H groups in total. The van der Waals surface area contributed by atoms with Crippen LogP contribution < -0.4 is 5.32 Å². The van der Waals surface area contributed by atoms with Crippen molar-refractivity contribution in [1.82, 2.24) is 5.16 Å². The van der Waals surface area contributed by atoms with Crippen LogP contribution in [0.4, 0.5) is 10.5 Å². The fourth-order valence-electron chi connectivity index (χ4n) is 2.65. The van der Waals surface area contributed by atoms with Crippen LogP contribution in [0.15, 0.2) is 53.1 Å². The summed E-state index contributed by atoms with van der Waals surface area (Å²) in [6.07, 6.45) is -1.27. The molecule has 1 atom stereocenters. The van der Waals surface area contributed by atoms with Gasteiger partial charge in [0, 0.05) is 27.6 Å². The van der Waals surface area contributed by atoms with Crippen LogP contribution in [0.1, 0.15) is 41.2 Å². The zero-order chi connectivity index (χ0) is 23.1. The number of rotatable bonds is 3. The van der Waals surface area contributed by atoms with Gasteiger partial charge < -0.3 is 14.4 Å². The third kappa shape index (κ3) is 5.91. The van der Waals surface area contributed by atoms with E-state index in [-0.39, 0.29) is 5.76 Å². The molecule has 0 bridgehead atoms. The van der Waals surface area contributed by atoms with Crippen LogP contribution in [0.5, 0.6) is 0 Å². The highest BCUT2D eigenvalue weighted by Crippen LogP contribution is 2.26. The van der Waals surface area contributed by atoms with Crippen LogP contribution in [-0.4, -0.2) is 22.3 Å². The first kappa shape index (κ1) is 22.5. The van der Waals surface area contributed by atoms with Crippen molar-refractivity contribution in [3.8, 4) is 23.7 Å². The topological polar surface area (TPSA) is 102 Å². The number of nitrogens with zero attached hydrogens (tertiary/aromatic N) is 1. The lowest BCUT2D eigenvalue weighted by molar-refractivity contribution is -0.130. The smallest absolute Gasteiger partial charge is 0.412 e. The minimum Gasteiger partial charge on any atom is -0.472 e. The van der Waals surface area contributed by atoms with E-state index in [2.05, 4.69) is 28.2 Å². The monoisotopic (exact) mass is 448 g/mol. The van der Waals surface area contributed by atoms with E-state index in [1.807, 2.05) is 12.0 Å². The summed E-state index contributed by atoms with van der Waals surface area (Å²) in [5.74, 6) is 9.24. The first-order valence-corrected chi connectivity index (χ1v) is 9.76. The Bertz CT molecular complexity index is 1270. The van der Waals surface area contributed by atoms with Crippen LogP contribution in [0, 0.1) is 30.6 Å². The number of carboxylic acid groups (broad SMARTS) is 1. The zero-order valence-corrected chi connectivity index (χ0v) is 17.9. The zero-order valence-electron chi connectivity index (χ0n) is 17.1. The van der Waals surface area contributed by atoms with Gasteiger partial charge >= 0.3 is 12.1 Å². The number of aromatic nitrogens is 1. The molecule has 1 amide bonds. The van der Waals surface area contributed by atoms with Gasteiger partial charge in [0.2, 0.25) is 5.76 Å². The molecule has 8 heteroatoms. The van der Waals surface area contributed by atoms with Gasteiger partial charge in [-0.05, 0) is 50.1 Å². The highest BCUT2D eigenvalue weighted by atomic mass is 35.5. The van der Waals surface area contributed by atoms with Crippen LogP contribution in [0.25, 0.3) is 0 Å². The molecule has 1 aromatic heterocycles. The van der Waals surface area contributed by atoms with Crippen LogP contribution >= 0.6 is 11.6 Å². The van der Waals surface area contributed by atoms with Crippen molar-refractivity contribution in [2.75, 3.05) is 5.32 Å². The Morgan fingerprint density at radius 2 is 1.75 bits per heavy atom. The lowest BCUT2D eigenvalue weighted by Gasteiger charge is -2.15. The Labute approximate surface area is 189 Å². The summed E-state index contributed by atoms with van der Waals surface area (Å²) < 4.78 is 10.6. The first-order chi connectivity index (χ1) is 15.3. The van der Waals surface area contributed by atoms with E-state index < -0.39 is 18.2 Å². The standard InChI is InChI=1S/C24H17ClN2O5/c1-15-23(26-24(30)31-16(2)19-5-3-4-6-20(19)25)21(32-27-15)13-11-17-7-9-18(10-8-17)12-14-22(28)29/h3-10,16H,1-2H3,(H,26,30)(H,28,29). The molecule has 0 aliphatic rings. The summed E-state index contributed by atoms with van der Waals surface area (Å²) in [5, 5.41) is 15.6. The van der Waals surface area contributed by atoms with Crippen LogP contribution in [0.2, 0.25) is 5.02 Å². The number of nitrogens with one attached hydrogen (secondary N) is 1. The number of carboxylic acids is 1. The minimum absolute atomic E-state index is 0.166. The maximum atomic E-state index is 12.4. The van der Waals surface area contributed by atoms with Crippen molar-refractivity contribution < 1.29 is 24.0 Å². The number of aryl methyl sites for hydroxylation is 1. The number of halogens is 1. The Morgan fingerprint density at radius 3 is 2.41 bits per heavy atom. The number of carbonyl (C=O) groups is 2. The minimum atomic E-state index is -1.20. The Kier molecular flexibility index (Phi) is 7.17. The van der Waals surface area contributed by atoms with E-state index in [0.29, 0.717) is 33.1 Å². The quantitative estimate of drug-likeness (QED) is 0.559. The van der Waals surface area contributed by atoms with Gasteiger partial charge in [0.25, 0.3) is 0 Å². The molecule has 160 valence electrons. The van der Waals surface area contributed by atoms with Gasteiger partial charge in [0.15, 0.2) is 0 Å².